The number of hydrogen-bond donors (Lipinski definition) is 1. The lowest BCUT2D eigenvalue weighted by atomic mass is 9.94. The SMILES string of the molecule is CC(C)c1ccc(C(C)CC(=O)N2CC[C@@H](N)C2)cc1. The van der Waals surface area contributed by atoms with Crippen molar-refractivity contribution in [3.05, 3.63) is 35.4 Å². The van der Waals surface area contributed by atoms with Gasteiger partial charge in [-0.2, -0.15) is 0 Å². The first-order chi connectivity index (χ1) is 9.47. The molecule has 1 amide bonds. The van der Waals surface area contributed by atoms with Gasteiger partial charge in [0.2, 0.25) is 5.91 Å². The molecule has 3 nitrogen and oxygen atoms in total. The van der Waals surface area contributed by atoms with E-state index in [9.17, 15) is 4.79 Å². The van der Waals surface area contributed by atoms with Crippen LogP contribution < -0.4 is 5.73 Å². The minimum absolute atomic E-state index is 0.166. The molecule has 1 heterocycles. The molecule has 0 aromatic heterocycles. The second kappa shape index (κ2) is 6.40. The van der Waals surface area contributed by atoms with Crippen molar-refractivity contribution in [3.63, 3.8) is 0 Å². The van der Waals surface area contributed by atoms with E-state index >= 15 is 0 Å². The highest BCUT2D eigenvalue weighted by molar-refractivity contribution is 5.77. The van der Waals surface area contributed by atoms with Crippen LogP contribution in [0.5, 0.6) is 0 Å². The Labute approximate surface area is 122 Å². The Morgan fingerprint density at radius 3 is 2.35 bits per heavy atom. The van der Waals surface area contributed by atoms with E-state index in [1.54, 1.807) is 0 Å². The summed E-state index contributed by atoms with van der Waals surface area (Å²) >= 11 is 0. The number of hydrogen-bond acceptors (Lipinski definition) is 2. The summed E-state index contributed by atoms with van der Waals surface area (Å²) in [7, 11) is 0. The minimum Gasteiger partial charge on any atom is -0.341 e. The maximum atomic E-state index is 12.2. The van der Waals surface area contributed by atoms with Crippen molar-refractivity contribution in [2.24, 2.45) is 5.73 Å². The van der Waals surface area contributed by atoms with Gasteiger partial charge in [-0.1, -0.05) is 45.0 Å². The van der Waals surface area contributed by atoms with Gasteiger partial charge in [-0.3, -0.25) is 4.79 Å². The zero-order valence-electron chi connectivity index (χ0n) is 12.8. The molecule has 1 unspecified atom stereocenters. The summed E-state index contributed by atoms with van der Waals surface area (Å²) in [5.74, 6) is 1.05. The molecule has 3 heteroatoms. The van der Waals surface area contributed by atoms with E-state index in [1.165, 1.54) is 11.1 Å². The van der Waals surface area contributed by atoms with Gasteiger partial charge in [-0.05, 0) is 29.4 Å². The molecule has 2 N–H and O–H groups in total. The van der Waals surface area contributed by atoms with E-state index in [4.69, 9.17) is 5.73 Å². The molecule has 0 bridgehead atoms. The zero-order chi connectivity index (χ0) is 14.7. The first-order valence-electron chi connectivity index (χ1n) is 7.60. The molecule has 0 aliphatic carbocycles. The van der Waals surface area contributed by atoms with Gasteiger partial charge >= 0.3 is 0 Å². The van der Waals surface area contributed by atoms with Crippen LogP contribution >= 0.6 is 0 Å². The Morgan fingerprint density at radius 2 is 1.85 bits per heavy atom. The van der Waals surface area contributed by atoms with E-state index in [0.29, 0.717) is 12.3 Å². The molecule has 110 valence electrons. The van der Waals surface area contributed by atoms with Crippen LogP contribution in [0.15, 0.2) is 24.3 Å². The summed E-state index contributed by atoms with van der Waals surface area (Å²) in [5.41, 5.74) is 8.44. The third kappa shape index (κ3) is 3.60. The maximum absolute atomic E-state index is 12.2. The number of likely N-dealkylation sites (tertiary alicyclic amines) is 1. The minimum atomic E-state index is 0.166. The number of nitrogens with two attached hydrogens (primary N) is 1. The van der Waals surface area contributed by atoms with Gasteiger partial charge in [-0.15, -0.1) is 0 Å². The highest BCUT2D eigenvalue weighted by Gasteiger charge is 2.24. The second-order valence-electron chi connectivity index (χ2n) is 6.32. The van der Waals surface area contributed by atoms with Gasteiger partial charge in [-0.25, -0.2) is 0 Å². The first-order valence-corrected chi connectivity index (χ1v) is 7.60. The smallest absolute Gasteiger partial charge is 0.223 e. The van der Waals surface area contributed by atoms with Gasteiger partial charge < -0.3 is 10.6 Å². The van der Waals surface area contributed by atoms with E-state index in [0.717, 1.165) is 19.5 Å². The molecule has 1 saturated heterocycles. The first kappa shape index (κ1) is 15.0. The van der Waals surface area contributed by atoms with Crippen molar-refractivity contribution in [2.45, 2.75) is 51.5 Å². The lowest BCUT2D eigenvalue weighted by molar-refractivity contribution is -0.130. The van der Waals surface area contributed by atoms with Crippen LogP contribution in [-0.2, 0) is 4.79 Å². The maximum Gasteiger partial charge on any atom is 0.223 e. The predicted octanol–water partition coefficient (Wildman–Crippen LogP) is 2.86. The van der Waals surface area contributed by atoms with Gasteiger partial charge in [0.1, 0.15) is 0 Å². The molecule has 2 atom stereocenters. The van der Waals surface area contributed by atoms with Gasteiger partial charge in [0, 0.05) is 25.6 Å². The molecular formula is C17H26N2O. The van der Waals surface area contributed by atoms with Crippen molar-refractivity contribution in [1.82, 2.24) is 4.90 Å². The average molecular weight is 274 g/mol. The fraction of sp³-hybridized carbons (Fsp3) is 0.588. The second-order valence-corrected chi connectivity index (χ2v) is 6.32. The Balaban J connectivity index is 1.94. The monoisotopic (exact) mass is 274 g/mol. The normalized spacial score (nSPS) is 20.4. The van der Waals surface area contributed by atoms with Gasteiger partial charge in [0.25, 0.3) is 0 Å². The van der Waals surface area contributed by atoms with Crippen molar-refractivity contribution >= 4 is 5.91 Å². The molecular weight excluding hydrogens is 248 g/mol. The molecule has 2 rings (SSSR count). The highest BCUT2D eigenvalue weighted by atomic mass is 16.2. The van der Waals surface area contributed by atoms with Crippen LogP contribution in [0.4, 0.5) is 0 Å². The van der Waals surface area contributed by atoms with Crippen molar-refractivity contribution in [1.29, 1.82) is 0 Å². The molecule has 0 spiro atoms. The fourth-order valence-corrected chi connectivity index (χ4v) is 2.73. The lowest BCUT2D eigenvalue weighted by Crippen LogP contribution is -2.32. The van der Waals surface area contributed by atoms with Crippen molar-refractivity contribution < 1.29 is 4.79 Å². The summed E-state index contributed by atoms with van der Waals surface area (Å²) in [4.78, 5) is 14.1. The Kier molecular flexibility index (Phi) is 4.81. The summed E-state index contributed by atoms with van der Waals surface area (Å²) in [6, 6.07) is 8.82. The zero-order valence-corrected chi connectivity index (χ0v) is 12.8. The topological polar surface area (TPSA) is 46.3 Å². The number of benzene rings is 1. The molecule has 0 saturated carbocycles. The average Bonchev–Trinajstić information content (AvgIpc) is 2.85. The molecule has 1 aromatic carbocycles. The van der Waals surface area contributed by atoms with E-state index in [-0.39, 0.29) is 17.9 Å². The number of amides is 1. The highest BCUT2D eigenvalue weighted by Crippen LogP contribution is 2.23. The van der Waals surface area contributed by atoms with Crippen LogP contribution in [0.1, 0.15) is 56.6 Å². The molecule has 1 aliphatic rings. The van der Waals surface area contributed by atoms with E-state index in [1.807, 2.05) is 4.90 Å². The van der Waals surface area contributed by atoms with Crippen LogP contribution in [0, 0.1) is 0 Å². The van der Waals surface area contributed by atoms with Crippen LogP contribution in [0.2, 0.25) is 0 Å². The van der Waals surface area contributed by atoms with Crippen molar-refractivity contribution in [2.75, 3.05) is 13.1 Å². The quantitative estimate of drug-likeness (QED) is 0.917. The molecule has 1 aromatic rings. The number of carbonyl (C=O) groups is 1. The Morgan fingerprint density at radius 1 is 1.25 bits per heavy atom. The number of carbonyl (C=O) groups excluding carboxylic acids is 1. The predicted molar refractivity (Wildman–Crippen MR) is 82.7 cm³/mol. The fourth-order valence-electron chi connectivity index (χ4n) is 2.73. The largest absolute Gasteiger partial charge is 0.341 e. The van der Waals surface area contributed by atoms with E-state index < -0.39 is 0 Å². The summed E-state index contributed by atoms with van der Waals surface area (Å²) in [6.45, 7) is 8.05. The Bertz CT molecular complexity index is 453. The number of nitrogens with zero attached hydrogens (tertiary/aromatic N) is 1. The number of rotatable bonds is 4. The molecule has 0 radical (unpaired) electrons. The van der Waals surface area contributed by atoms with Gasteiger partial charge in [0.15, 0.2) is 0 Å². The van der Waals surface area contributed by atoms with Crippen LogP contribution in [0.3, 0.4) is 0 Å². The third-order valence-corrected chi connectivity index (χ3v) is 4.23. The summed E-state index contributed by atoms with van der Waals surface area (Å²) in [6.07, 6.45) is 1.51. The molecule has 1 aliphatic heterocycles. The lowest BCUT2D eigenvalue weighted by Gasteiger charge is -2.19. The van der Waals surface area contributed by atoms with Crippen LogP contribution in [-0.4, -0.2) is 29.9 Å². The van der Waals surface area contributed by atoms with E-state index in [2.05, 4.69) is 45.0 Å². The standard InChI is InChI=1S/C17H26N2O/c1-12(2)14-4-6-15(7-5-14)13(3)10-17(20)19-9-8-16(18)11-19/h4-7,12-13,16H,8-11,18H2,1-3H3/t13?,16-/m1/s1. The van der Waals surface area contributed by atoms with Crippen LogP contribution in [0.25, 0.3) is 0 Å². The summed E-state index contributed by atoms with van der Waals surface area (Å²) in [5, 5.41) is 0. The molecule has 1 fully saturated rings. The molecule has 20 heavy (non-hydrogen) atoms. The Hall–Kier alpha value is -1.35. The van der Waals surface area contributed by atoms with Crippen molar-refractivity contribution in [3.8, 4) is 0 Å². The summed E-state index contributed by atoms with van der Waals surface area (Å²) < 4.78 is 0. The third-order valence-electron chi connectivity index (χ3n) is 4.23. The van der Waals surface area contributed by atoms with Gasteiger partial charge in [0.05, 0.1) is 0 Å².